The van der Waals surface area contributed by atoms with E-state index in [9.17, 15) is 0 Å². The maximum absolute atomic E-state index is 6.09. The van der Waals surface area contributed by atoms with Crippen molar-refractivity contribution in [1.82, 2.24) is 4.98 Å². The van der Waals surface area contributed by atoms with Crippen molar-refractivity contribution in [2.75, 3.05) is 18.5 Å². The molecule has 5 heteroatoms. The van der Waals surface area contributed by atoms with Crippen LogP contribution in [0.2, 0.25) is 5.02 Å². The number of halogens is 1. The quantitative estimate of drug-likeness (QED) is 0.877. The topological polar surface area (TPSA) is 43.4 Å². The van der Waals surface area contributed by atoms with Gasteiger partial charge in [-0.3, -0.25) is 4.98 Å². The highest BCUT2D eigenvalue weighted by atomic mass is 35.5. The van der Waals surface area contributed by atoms with Crippen LogP contribution in [0, 0.1) is 0 Å². The first kappa shape index (κ1) is 15.1. The molecule has 3 rings (SSSR count). The first-order valence-electron chi connectivity index (χ1n) is 7.48. The van der Waals surface area contributed by atoms with Crippen LogP contribution in [0.25, 0.3) is 0 Å². The van der Waals surface area contributed by atoms with E-state index >= 15 is 0 Å². The van der Waals surface area contributed by atoms with Gasteiger partial charge in [-0.15, -0.1) is 0 Å². The molecule has 0 unspecified atom stereocenters. The molecule has 2 heterocycles. The zero-order chi connectivity index (χ0) is 15.2. The lowest BCUT2D eigenvalue weighted by molar-refractivity contribution is 0.0682. The van der Waals surface area contributed by atoms with Gasteiger partial charge in [-0.2, -0.15) is 0 Å². The number of ether oxygens (including phenoxy) is 2. The van der Waals surface area contributed by atoms with Crippen LogP contribution in [0.4, 0.5) is 5.69 Å². The molecule has 1 atom stereocenters. The van der Waals surface area contributed by atoms with Crippen molar-refractivity contribution in [1.29, 1.82) is 0 Å². The molecule has 0 radical (unpaired) electrons. The van der Waals surface area contributed by atoms with Crippen LogP contribution in [0.1, 0.15) is 18.4 Å². The van der Waals surface area contributed by atoms with Crippen molar-refractivity contribution >= 4 is 17.3 Å². The monoisotopic (exact) mass is 318 g/mol. The fourth-order valence-electron chi connectivity index (χ4n) is 2.42. The molecular formula is C17H19ClN2O2. The van der Waals surface area contributed by atoms with Crippen LogP contribution in [-0.2, 0) is 11.3 Å². The first-order valence-corrected chi connectivity index (χ1v) is 7.86. The third-order valence-corrected chi connectivity index (χ3v) is 3.83. The minimum Gasteiger partial charge on any atom is -0.489 e. The van der Waals surface area contributed by atoms with E-state index in [1.165, 1.54) is 0 Å². The number of nitrogens with zero attached hydrogens (tertiary/aromatic N) is 1. The zero-order valence-electron chi connectivity index (χ0n) is 12.3. The Bertz CT molecular complexity index is 601. The minimum absolute atomic E-state index is 0.196. The van der Waals surface area contributed by atoms with E-state index in [2.05, 4.69) is 10.3 Å². The maximum atomic E-state index is 6.09. The van der Waals surface area contributed by atoms with Crippen LogP contribution >= 0.6 is 11.6 Å². The molecular weight excluding hydrogens is 300 g/mol. The van der Waals surface area contributed by atoms with E-state index in [0.29, 0.717) is 18.2 Å². The molecule has 1 N–H and O–H groups in total. The highest BCUT2D eigenvalue weighted by molar-refractivity contribution is 6.30. The molecule has 1 aliphatic heterocycles. The van der Waals surface area contributed by atoms with Gasteiger partial charge in [-0.05, 0) is 42.7 Å². The summed E-state index contributed by atoms with van der Waals surface area (Å²) in [6.45, 7) is 2.08. The molecule has 22 heavy (non-hydrogen) atoms. The number of hydrogen-bond donors (Lipinski definition) is 1. The molecule has 0 amide bonds. The highest BCUT2D eigenvalue weighted by Crippen LogP contribution is 2.29. The molecule has 1 aromatic carbocycles. The summed E-state index contributed by atoms with van der Waals surface area (Å²) < 4.78 is 11.5. The van der Waals surface area contributed by atoms with E-state index in [1.807, 2.05) is 36.5 Å². The highest BCUT2D eigenvalue weighted by Gasteiger charge is 2.16. The van der Waals surface area contributed by atoms with E-state index in [-0.39, 0.29) is 6.10 Å². The predicted octanol–water partition coefficient (Wildman–Crippen LogP) is 3.90. The second-order valence-electron chi connectivity index (χ2n) is 5.30. The second-order valence-corrected chi connectivity index (χ2v) is 5.74. The van der Waals surface area contributed by atoms with Gasteiger partial charge in [0.25, 0.3) is 0 Å². The molecule has 1 aliphatic rings. The lowest BCUT2D eigenvalue weighted by Crippen LogP contribution is -2.17. The van der Waals surface area contributed by atoms with Gasteiger partial charge < -0.3 is 14.8 Å². The number of rotatable bonds is 6. The van der Waals surface area contributed by atoms with Crippen LogP contribution in [0.5, 0.6) is 5.75 Å². The van der Waals surface area contributed by atoms with E-state index in [1.54, 1.807) is 6.20 Å². The smallest absolute Gasteiger partial charge is 0.142 e. The molecule has 0 bridgehead atoms. The third kappa shape index (κ3) is 4.12. The van der Waals surface area contributed by atoms with Gasteiger partial charge in [0.15, 0.2) is 0 Å². The number of hydrogen-bond acceptors (Lipinski definition) is 4. The largest absolute Gasteiger partial charge is 0.489 e. The average molecular weight is 319 g/mol. The molecule has 1 fully saturated rings. The Hall–Kier alpha value is -1.78. The molecule has 2 aromatic rings. The number of benzene rings is 1. The zero-order valence-corrected chi connectivity index (χ0v) is 13.1. The Morgan fingerprint density at radius 3 is 3.09 bits per heavy atom. The lowest BCUT2D eigenvalue weighted by atomic mass is 10.2. The Balaban J connectivity index is 1.64. The molecule has 116 valence electrons. The third-order valence-electron chi connectivity index (χ3n) is 3.60. The van der Waals surface area contributed by atoms with Gasteiger partial charge in [0.1, 0.15) is 12.4 Å². The molecule has 4 nitrogen and oxygen atoms in total. The molecule has 0 saturated carbocycles. The number of nitrogens with one attached hydrogen (secondary N) is 1. The summed E-state index contributed by atoms with van der Waals surface area (Å²) in [5, 5.41) is 4.03. The molecule has 0 aliphatic carbocycles. The summed E-state index contributed by atoms with van der Waals surface area (Å²) in [5.74, 6) is 0.795. The van der Waals surface area contributed by atoms with Crippen molar-refractivity contribution in [3.8, 4) is 5.75 Å². The minimum atomic E-state index is 0.196. The fraction of sp³-hybridized carbons (Fsp3) is 0.353. The summed E-state index contributed by atoms with van der Waals surface area (Å²) in [5.41, 5.74) is 1.99. The number of anilines is 1. The van der Waals surface area contributed by atoms with E-state index < -0.39 is 0 Å². The summed E-state index contributed by atoms with van der Waals surface area (Å²) in [7, 11) is 0. The van der Waals surface area contributed by atoms with Crippen molar-refractivity contribution in [2.24, 2.45) is 0 Å². The van der Waals surface area contributed by atoms with E-state index in [4.69, 9.17) is 21.1 Å². The van der Waals surface area contributed by atoms with Crippen molar-refractivity contribution in [3.05, 3.63) is 53.3 Å². The summed E-state index contributed by atoms with van der Waals surface area (Å²) in [6.07, 6.45) is 5.97. The van der Waals surface area contributed by atoms with E-state index in [0.717, 1.165) is 36.4 Å². The SMILES string of the molecule is Clc1ccc(OC[C@H]2CCCO2)c(NCc2cccnc2)c1. The normalized spacial score (nSPS) is 17.4. The van der Waals surface area contributed by atoms with Crippen molar-refractivity contribution in [3.63, 3.8) is 0 Å². The van der Waals surface area contributed by atoms with Crippen LogP contribution in [0.3, 0.4) is 0 Å². The van der Waals surface area contributed by atoms with Gasteiger partial charge >= 0.3 is 0 Å². The Morgan fingerprint density at radius 1 is 1.36 bits per heavy atom. The summed E-state index contributed by atoms with van der Waals surface area (Å²) in [6, 6.07) is 9.55. The van der Waals surface area contributed by atoms with Gasteiger partial charge in [0.05, 0.1) is 11.8 Å². The Labute approximate surface area is 135 Å². The molecule has 1 saturated heterocycles. The van der Waals surface area contributed by atoms with Crippen LogP contribution in [-0.4, -0.2) is 24.3 Å². The van der Waals surface area contributed by atoms with Gasteiger partial charge in [0, 0.05) is 30.6 Å². The van der Waals surface area contributed by atoms with Gasteiger partial charge in [-0.1, -0.05) is 17.7 Å². The fourth-order valence-corrected chi connectivity index (χ4v) is 2.60. The standard InChI is InChI=1S/C17H19ClN2O2/c18-14-5-6-17(22-12-15-4-2-8-21-15)16(9-14)20-11-13-3-1-7-19-10-13/h1,3,5-7,9-10,15,20H,2,4,8,11-12H2/t15-/m1/s1. The molecule has 1 aromatic heterocycles. The lowest BCUT2D eigenvalue weighted by Gasteiger charge is -2.16. The first-order chi connectivity index (χ1) is 10.8. The van der Waals surface area contributed by atoms with Crippen molar-refractivity contribution < 1.29 is 9.47 Å². The molecule has 0 spiro atoms. The summed E-state index contributed by atoms with van der Waals surface area (Å²) in [4.78, 5) is 4.11. The van der Waals surface area contributed by atoms with Gasteiger partial charge in [0.2, 0.25) is 0 Å². The Kier molecular flexibility index (Phi) is 5.14. The average Bonchev–Trinajstić information content (AvgIpc) is 3.06. The van der Waals surface area contributed by atoms with Crippen LogP contribution in [0.15, 0.2) is 42.7 Å². The van der Waals surface area contributed by atoms with Crippen molar-refractivity contribution in [2.45, 2.75) is 25.5 Å². The van der Waals surface area contributed by atoms with Crippen LogP contribution < -0.4 is 10.1 Å². The van der Waals surface area contributed by atoms with Gasteiger partial charge in [-0.25, -0.2) is 0 Å². The number of pyridine rings is 1. The second kappa shape index (κ2) is 7.47. The Morgan fingerprint density at radius 2 is 2.32 bits per heavy atom. The predicted molar refractivity (Wildman–Crippen MR) is 87.5 cm³/mol. The maximum Gasteiger partial charge on any atom is 0.142 e. The summed E-state index contributed by atoms with van der Waals surface area (Å²) >= 11 is 6.09. The number of aromatic nitrogens is 1.